The smallest absolute Gasteiger partial charge is 0.314 e. The van der Waals surface area contributed by atoms with Crippen LogP contribution in [0.5, 0.6) is 0 Å². The molecule has 3 heterocycles. The Balaban J connectivity index is 1.51. The predicted molar refractivity (Wildman–Crippen MR) is 105 cm³/mol. The number of hydrogen-bond donors (Lipinski definition) is 0. The number of carbonyl (C=O) groups is 1. The Morgan fingerprint density at radius 2 is 1.70 bits per heavy atom. The summed E-state index contributed by atoms with van der Waals surface area (Å²) in [5, 5.41) is 6.95. The van der Waals surface area contributed by atoms with Gasteiger partial charge in [-0.2, -0.15) is 8.78 Å². The molecule has 5 rings (SSSR count). The zero-order valence-electron chi connectivity index (χ0n) is 15.5. The summed E-state index contributed by atoms with van der Waals surface area (Å²) in [6.07, 6.45) is -1.41. The molecule has 0 saturated carbocycles. The van der Waals surface area contributed by atoms with Crippen LogP contribution in [0.1, 0.15) is 28.4 Å². The number of aromatic nitrogens is 3. The van der Waals surface area contributed by atoms with Crippen molar-refractivity contribution in [3.8, 4) is 22.6 Å². The molecule has 0 spiro atoms. The van der Waals surface area contributed by atoms with Crippen LogP contribution in [0, 0.1) is 0 Å². The van der Waals surface area contributed by atoms with Crippen LogP contribution in [-0.2, 0) is 6.54 Å². The lowest BCUT2D eigenvalue weighted by Crippen LogP contribution is -2.23. The maximum Gasteiger partial charge on any atom is 0.314 e. The van der Waals surface area contributed by atoms with Gasteiger partial charge in [0.1, 0.15) is 0 Å². The number of anilines is 1. The van der Waals surface area contributed by atoms with E-state index in [1.807, 2.05) is 54.6 Å². The number of fused-ring (bicyclic) bond motifs is 1. The van der Waals surface area contributed by atoms with E-state index in [1.54, 1.807) is 11.0 Å². The maximum absolute atomic E-state index is 13.2. The van der Waals surface area contributed by atoms with E-state index in [9.17, 15) is 13.6 Å². The van der Waals surface area contributed by atoms with Gasteiger partial charge in [-0.3, -0.25) is 9.78 Å². The van der Waals surface area contributed by atoms with Gasteiger partial charge in [-0.15, -0.1) is 10.2 Å². The van der Waals surface area contributed by atoms with Crippen molar-refractivity contribution in [3.05, 3.63) is 84.0 Å². The van der Waals surface area contributed by atoms with E-state index in [0.29, 0.717) is 23.4 Å². The van der Waals surface area contributed by atoms with Gasteiger partial charge in [0.25, 0.3) is 11.8 Å². The first-order chi connectivity index (χ1) is 14.6. The molecule has 0 unspecified atom stereocenters. The summed E-state index contributed by atoms with van der Waals surface area (Å²) < 4.78 is 30.4. The second-order valence-corrected chi connectivity index (χ2v) is 6.74. The molecule has 0 bridgehead atoms. The molecule has 2 aromatic heterocycles. The number of amides is 1. The van der Waals surface area contributed by atoms with Crippen molar-refractivity contribution in [2.24, 2.45) is 0 Å². The average Bonchev–Trinajstić information content (AvgIpc) is 3.40. The number of rotatable bonds is 4. The molecular weight excluding hydrogens is 390 g/mol. The predicted octanol–water partition coefficient (Wildman–Crippen LogP) is 4.90. The van der Waals surface area contributed by atoms with E-state index in [2.05, 4.69) is 15.2 Å². The van der Waals surface area contributed by atoms with E-state index in [0.717, 1.165) is 16.8 Å². The summed E-state index contributed by atoms with van der Waals surface area (Å²) >= 11 is 0. The molecule has 1 aliphatic rings. The summed E-state index contributed by atoms with van der Waals surface area (Å²) in [6, 6.07) is 19.0. The maximum atomic E-state index is 13.2. The van der Waals surface area contributed by atoms with Gasteiger partial charge >= 0.3 is 6.43 Å². The van der Waals surface area contributed by atoms with E-state index < -0.39 is 12.3 Å². The standard InChI is InChI=1S/C22H14F2N4O2/c23-19(24)21-27-26-20(30-21)14-10-16-17(25-11-14)12-28(22(16)29)18-9-5-4-8-15(18)13-6-2-1-3-7-13/h1-11,19H,12H2. The third kappa shape index (κ3) is 3.02. The summed E-state index contributed by atoms with van der Waals surface area (Å²) in [6.45, 7) is 0.310. The van der Waals surface area contributed by atoms with Crippen LogP contribution in [0.4, 0.5) is 14.5 Å². The minimum absolute atomic E-state index is 0.100. The van der Waals surface area contributed by atoms with Crippen LogP contribution >= 0.6 is 0 Å². The van der Waals surface area contributed by atoms with Gasteiger partial charge < -0.3 is 9.32 Å². The molecule has 148 valence electrons. The minimum Gasteiger partial charge on any atom is -0.415 e. The fourth-order valence-corrected chi connectivity index (χ4v) is 3.49. The molecule has 6 nitrogen and oxygen atoms in total. The Hall–Kier alpha value is -3.94. The van der Waals surface area contributed by atoms with E-state index in [1.165, 1.54) is 6.20 Å². The molecule has 4 aromatic rings. The van der Waals surface area contributed by atoms with Gasteiger partial charge in [-0.05, 0) is 17.7 Å². The number of pyridine rings is 1. The molecule has 0 radical (unpaired) electrons. The number of benzene rings is 2. The van der Waals surface area contributed by atoms with Crippen LogP contribution in [0.2, 0.25) is 0 Å². The molecule has 8 heteroatoms. The van der Waals surface area contributed by atoms with Gasteiger partial charge in [-0.1, -0.05) is 48.5 Å². The van der Waals surface area contributed by atoms with Crippen LogP contribution < -0.4 is 4.90 Å². The average molecular weight is 404 g/mol. The fraction of sp³-hybridized carbons (Fsp3) is 0.0909. The molecule has 0 atom stereocenters. The van der Waals surface area contributed by atoms with Crippen molar-refractivity contribution in [2.75, 3.05) is 4.90 Å². The third-order valence-electron chi connectivity index (χ3n) is 4.91. The van der Waals surface area contributed by atoms with E-state index in [-0.39, 0.29) is 11.8 Å². The first kappa shape index (κ1) is 18.1. The molecule has 0 fully saturated rings. The largest absolute Gasteiger partial charge is 0.415 e. The highest BCUT2D eigenvalue weighted by Gasteiger charge is 2.32. The summed E-state index contributed by atoms with van der Waals surface area (Å²) in [4.78, 5) is 19.2. The zero-order valence-corrected chi connectivity index (χ0v) is 15.5. The summed E-state index contributed by atoms with van der Waals surface area (Å²) in [5.41, 5.74) is 3.99. The number of carbonyl (C=O) groups excluding carboxylic acids is 1. The molecule has 0 aliphatic carbocycles. The first-order valence-corrected chi connectivity index (χ1v) is 9.19. The Morgan fingerprint density at radius 3 is 2.47 bits per heavy atom. The summed E-state index contributed by atoms with van der Waals surface area (Å²) in [5.74, 6) is -1.09. The number of halogens is 2. The monoisotopic (exact) mass is 404 g/mol. The molecule has 1 aliphatic heterocycles. The normalized spacial score (nSPS) is 13.2. The van der Waals surface area contributed by atoms with Gasteiger partial charge in [0.2, 0.25) is 5.89 Å². The van der Waals surface area contributed by atoms with Crippen LogP contribution in [-0.4, -0.2) is 21.1 Å². The number of hydrogen-bond acceptors (Lipinski definition) is 5. The molecule has 0 saturated heterocycles. The number of para-hydroxylation sites is 1. The van der Waals surface area contributed by atoms with Crippen molar-refractivity contribution >= 4 is 11.6 Å². The first-order valence-electron chi connectivity index (χ1n) is 9.19. The van der Waals surface area contributed by atoms with Crippen molar-refractivity contribution in [2.45, 2.75) is 13.0 Å². The Morgan fingerprint density at radius 1 is 0.933 bits per heavy atom. The Kier molecular flexibility index (Phi) is 4.31. The second kappa shape index (κ2) is 7.14. The van der Waals surface area contributed by atoms with E-state index in [4.69, 9.17) is 4.42 Å². The second-order valence-electron chi connectivity index (χ2n) is 6.74. The quantitative estimate of drug-likeness (QED) is 0.484. The van der Waals surface area contributed by atoms with Crippen molar-refractivity contribution in [1.29, 1.82) is 0 Å². The lowest BCUT2D eigenvalue weighted by atomic mass is 10.0. The van der Waals surface area contributed by atoms with Gasteiger partial charge in [0.15, 0.2) is 0 Å². The Bertz CT molecular complexity index is 1240. The zero-order chi connectivity index (χ0) is 20.7. The molecule has 1 amide bonds. The fourth-order valence-electron chi connectivity index (χ4n) is 3.49. The molecule has 30 heavy (non-hydrogen) atoms. The van der Waals surface area contributed by atoms with Crippen molar-refractivity contribution < 1.29 is 18.0 Å². The molecule has 2 aromatic carbocycles. The minimum atomic E-state index is -2.86. The highest BCUT2D eigenvalue weighted by Crippen LogP contribution is 2.36. The van der Waals surface area contributed by atoms with Crippen LogP contribution in [0.15, 0.2) is 71.3 Å². The lowest BCUT2D eigenvalue weighted by Gasteiger charge is -2.19. The van der Waals surface area contributed by atoms with Gasteiger partial charge in [-0.25, -0.2) is 0 Å². The topological polar surface area (TPSA) is 72.1 Å². The number of nitrogens with zero attached hydrogens (tertiary/aromatic N) is 4. The van der Waals surface area contributed by atoms with Crippen molar-refractivity contribution in [3.63, 3.8) is 0 Å². The Labute approximate surface area is 169 Å². The lowest BCUT2D eigenvalue weighted by molar-refractivity contribution is 0.0996. The molecule has 0 N–H and O–H groups in total. The molecular formula is C22H14F2N4O2. The highest BCUT2D eigenvalue weighted by molar-refractivity contribution is 6.11. The van der Waals surface area contributed by atoms with E-state index >= 15 is 0 Å². The van der Waals surface area contributed by atoms with Crippen LogP contribution in [0.3, 0.4) is 0 Å². The SMILES string of the molecule is O=C1c2cc(-c3nnc(C(F)F)o3)cnc2CN1c1ccccc1-c1ccccc1. The highest BCUT2D eigenvalue weighted by atomic mass is 19.3. The van der Waals surface area contributed by atoms with Gasteiger partial charge in [0, 0.05) is 11.8 Å². The van der Waals surface area contributed by atoms with Crippen LogP contribution in [0.25, 0.3) is 22.6 Å². The number of alkyl halides is 2. The summed E-state index contributed by atoms with van der Waals surface area (Å²) in [7, 11) is 0. The van der Waals surface area contributed by atoms with Crippen molar-refractivity contribution in [1.82, 2.24) is 15.2 Å². The third-order valence-corrected chi connectivity index (χ3v) is 4.91. The van der Waals surface area contributed by atoms with Gasteiger partial charge in [0.05, 0.1) is 29.1 Å².